The average molecular weight is 249 g/mol. The van der Waals surface area contributed by atoms with Crippen molar-refractivity contribution in [2.45, 2.75) is 33.2 Å². The fourth-order valence-corrected chi connectivity index (χ4v) is 1.59. The summed E-state index contributed by atoms with van der Waals surface area (Å²) in [6, 6.07) is 9.44. The van der Waals surface area contributed by atoms with E-state index in [0.717, 1.165) is 5.56 Å². The third-order valence-electron chi connectivity index (χ3n) is 2.86. The first-order valence-corrected chi connectivity index (χ1v) is 5.90. The minimum atomic E-state index is -1.04. The lowest BCUT2D eigenvalue weighted by atomic mass is 9.89. The molecule has 0 bridgehead atoms. The first kappa shape index (κ1) is 14.2. The van der Waals surface area contributed by atoms with Crippen molar-refractivity contribution < 1.29 is 14.7 Å². The van der Waals surface area contributed by atoms with E-state index in [0.29, 0.717) is 0 Å². The van der Waals surface area contributed by atoms with Crippen LogP contribution in [0.15, 0.2) is 30.3 Å². The fourth-order valence-electron chi connectivity index (χ4n) is 1.59. The van der Waals surface area contributed by atoms with Gasteiger partial charge in [0.1, 0.15) is 0 Å². The number of aliphatic carboxylic acids is 1. The molecule has 0 aliphatic rings. The number of carboxylic acids is 1. The van der Waals surface area contributed by atoms with E-state index in [1.165, 1.54) is 0 Å². The second kappa shape index (κ2) is 5.67. The Balaban J connectivity index is 2.58. The van der Waals surface area contributed by atoms with Gasteiger partial charge in [-0.2, -0.15) is 0 Å². The lowest BCUT2D eigenvalue weighted by Crippen LogP contribution is -2.34. The van der Waals surface area contributed by atoms with Gasteiger partial charge in [-0.1, -0.05) is 30.3 Å². The molecule has 18 heavy (non-hydrogen) atoms. The van der Waals surface area contributed by atoms with Gasteiger partial charge in [0.05, 0.1) is 11.5 Å². The summed E-state index contributed by atoms with van der Waals surface area (Å²) in [5, 5.41) is 11.8. The van der Waals surface area contributed by atoms with Crippen molar-refractivity contribution in [3.8, 4) is 0 Å². The Labute approximate surface area is 107 Å². The van der Waals surface area contributed by atoms with Gasteiger partial charge in [0.25, 0.3) is 0 Å². The number of carbonyl (C=O) groups excluding carboxylic acids is 1. The minimum absolute atomic E-state index is 0.0283. The Morgan fingerprint density at radius 1 is 1.28 bits per heavy atom. The van der Waals surface area contributed by atoms with E-state index < -0.39 is 11.4 Å². The SMILES string of the molecule is C[C@H](NC(=O)CC(C)(C)C(=O)O)c1ccccc1. The van der Waals surface area contributed by atoms with Crippen LogP contribution in [0, 0.1) is 5.41 Å². The highest BCUT2D eigenvalue weighted by atomic mass is 16.4. The van der Waals surface area contributed by atoms with E-state index >= 15 is 0 Å². The van der Waals surface area contributed by atoms with Gasteiger partial charge >= 0.3 is 5.97 Å². The van der Waals surface area contributed by atoms with Gasteiger partial charge in [0.2, 0.25) is 5.91 Å². The van der Waals surface area contributed by atoms with E-state index in [1.807, 2.05) is 37.3 Å². The number of amides is 1. The number of carboxylic acid groups (broad SMARTS) is 1. The molecule has 1 aromatic rings. The van der Waals surface area contributed by atoms with Crippen molar-refractivity contribution in [1.82, 2.24) is 5.32 Å². The Kier molecular flexibility index (Phi) is 4.48. The van der Waals surface area contributed by atoms with Crippen molar-refractivity contribution in [3.63, 3.8) is 0 Å². The first-order valence-electron chi connectivity index (χ1n) is 5.90. The second-order valence-electron chi connectivity index (χ2n) is 5.07. The summed E-state index contributed by atoms with van der Waals surface area (Å²) in [5.41, 5.74) is -0.0421. The molecule has 0 unspecified atom stereocenters. The molecule has 4 heteroatoms. The number of nitrogens with one attached hydrogen (secondary N) is 1. The topological polar surface area (TPSA) is 66.4 Å². The van der Waals surface area contributed by atoms with E-state index in [9.17, 15) is 9.59 Å². The van der Waals surface area contributed by atoms with Crippen LogP contribution in [0.5, 0.6) is 0 Å². The maximum atomic E-state index is 11.8. The molecule has 0 aliphatic heterocycles. The van der Waals surface area contributed by atoms with Gasteiger partial charge < -0.3 is 10.4 Å². The van der Waals surface area contributed by atoms with E-state index in [2.05, 4.69) is 5.32 Å². The van der Waals surface area contributed by atoms with E-state index in [1.54, 1.807) is 13.8 Å². The van der Waals surface area contributed by atoms with Crippen molar-refractivity contribution in [2.24, 2.45) is 5.41 Å². The summed E-state index contributed by atoms with van der Waals surface area (Å²) >= 11 is 0. The fraction of sp³-hybridized carbons (Fsp3) is 0.429. The highest BCUT2D eigenvalue weighted by Gasteiger charge is 2.30. The van der Waals surface area contributed by atoms with Crippen LogP contribution in [-0.4, -0.2) is 17.0 Å². The Bertz CT molecular complexity index is 426. The Hall–Kier alpha value is -1.84. The van der Waals surface area contributed by atoms with Crippen LogP contribution in [0.4, 0.5) is 0 Å². The molecule has 4 nitrogen and oxygen atoms in total. The van der Waals surface area contributed by atoms with Gasteiger partial charge in [-0.05, 0) is 26.3 Å². The molecule has 0 heterocycles. The molecular weight excluding hydrogens is 230 g/mol. The highest BCUT2D eigenvalue weighted by Crippen LogP contribution is 2.21. The maximum Gasteiger partial charge on any atom is 0.309 e. The number of rotatable bonds is 5. The molecule has 0 radical (unpaired) electrons. The van der Waals surface area contributed by atoms with Crippen molar-refractivity contribution >= 4 is 11.9 Å². The van der Waals surface area contributed by atoms with Gasteiger partial charge in [0, 0.05) is 6.42 Å². The normalized spacial score (nSPS) is 12.8. The molecule has 0 aromatic heterocycles. The summed E-state index contributed by atoms with van der Waals surface area (Å²) in [4.78, 5) is 22.7. The van der Waals surface area contributed by atoms with Crippen LogP contribution in [0.3, 0.4) is 0 Å². The number of hydrogen-bond donors (Lipinski definition) is 2. The quantitative estimate of drug-likeness (QED) is 0.841. The number of carbonyl (C=O) groups is 2. The average Bonchev–Trinajstić information content (AvgIpc) is 2.29. The van der Waals surface area contributed by atoms with Gasteiger partial charge in [-0.25, -0.2) is 0 Å². The predicted octanol–water partition coefficient (Wildman–Crippen LogP) is 2.36. The van der Waals surface area contributed by atoms with Crippen LogP contribution in [-0.2, 0) is 9.59 Å². The van der Waals surface area contributed by atoms with Crippen LogP contribution in [0.25, 0.3) is 0 Å². The second-order valence-corrected chi connectivity index (χ2v) is 5.07. The monoisotopic (exact) mass is 249 g/mol. The summed E-state index contributed by atoms with van der Waals surface area (Å²) < 4.78 is 0. The standard InChI is InChI=1S/C14H19NO3/c1-10(11-7-5-4-6-8-11)15-12(16)9-14(2,3)13(17)18/h4-8,10H,9H2,1-3H3,(H,15,16)(H,17,18)/t10-/m0/s1. The lowest BCUT2D eigenvalue weighted by molar-refractivity contribution is -0.149. The number of benzene rings is 1. The molecule has 0 saturated carbocycles. The zero-order chi connectivity index (χ0) is 13.8. The molecule has 0 aliphatic carbocycles. The molecule has 98 valence electrons. The number of hydrogen-bond acceptors (Lipinski definition) is 2. The van der Waals surface area contributed by atoms with Crippen LogP contribution < -0.4 is 5.32 Å². The van der Waals surface area contributed by atoms with Crippen LogP contribution in [0.2, 0.25) is 0 Å². The van der Waals surface area contributed by atoms with Crippen molar-refractivity contribution in [3.05, 3.63) is 35.9 Å². The first-order chi connectivity index (χ1) is 8.33. The predicted molar refractivity (Wildman–Crippen MR) is 69.0 cm³/mol. The smallest absolute Gasteiger partial charge is 0.309 e. The molecule has 1 rings (SSSR count). The summed E-state index contributed by atoms with van der Waals surface area (Å²) in [7, 11) is 0. The molecule has 0 spiro atoms. The third kappa shape index (κ3) is 3.87. The van der Waals surface area contributed by atoms with E-state index in [4.69, 9.17) is 5.11 Å². The maximum absolute atomic E-state index is 11.8. The largest absolute Gasteiger partial charge is 0.481 e. The molecular formula is C14H19NO3. The van der Waals surface area contributed by atoms with Gasteiger partial charge in [-0.3, -0.25) is 9.59 Å². The molecule has 1 amide bonds. The molecule has 2 N–H and O–H groups in total. The van der Waals surface area contributed by atoms with Gasteiger partial charge in [-0.15, -0.1) is 0 Å². The molecule has 1 aromatic carbocycles. The summed E-state index contributed by atoms with van der Waals surface area (Å²) in [6.45, 7) is 4.96. The minimum Gasteiger partial charge on any atom is -0.481 e. The summed E-state index contributed by atoms with van der Waals surface area (Å²) in [5.74, 6) is -1.22. The van der Waals surface area contributed by atoms with E-state index in [-0.39, 0.29) is 18.4 Å². The van der Waals surface area contributed by atoms with Crippen molar-refractivity contribution in [2.75, 3.05) is 0 Å². The third-order valence-corrected chi connectivity index (χ3v) is 2.86. The van der Waals surface area contributed by atoms with Crippen LogP contribution in [0.1, 0.15) is 38.8 Å². The molecule has 0 fully saturated rings. The van der Waals surface area contributed by atoms with Crippen molar-refractivity contribution in [1.29, 1.82) is 0 Å². The van der Waals surface area contributed by atoms with Crippen LogP contribution >= 0.6 is 0 Å². The zero-order valence-electron chi connectivity index (χ0n) is 10.9. The highest BCUT2D eigenvalue weighted by molar-refractivity contribution is 5.84. The lowest BCUT2D eigenvalue weighted by Gasteiger charge is -2.20. The molecule has 1 atom stereocenters. The Morgan fingerprint density at radius 2 is 1.83 bits per heavy atom. The molecule has 0 saturated heterocycles. The summed E-state index contributed by atoms with van der Waals surface area (Å²) in [6.07, 6.45) is -0.0283. The zero-order valence-corrected chi connectivity index (χ0v) is 10.9. The Morgan fingerprint density at radius 3 is 2.33 bits per heavy atom. The van der Waals surface area contributed by atoms with Gasteiger partial charge in [0.15, 0.2) is 0 Å².